The van der Waals surface area contributed by atoms with Crippen molar-refractivity contribution in [3.05, 3.63) is 24.3 Å². The zero-order chi connectivity index (χ0) is 13.7. The molecule has 0 heterocycles. The number of hydrogen-bond acceptors (Lipinski definition) is 2. The first-order valence-corrected chi connectivity index (χ1v) is 6.83. The first-order valence-electron chi connectivity index (χ1n) is 6.83. The number of carbonyl (C=O) groups excluding carboxylic acids is 2. The van der Waals surface area contributed by atoms with Gasteiger partial charge in [0.15, 0.2) is 0 Å². The van der Waals surface area contributed by atoms with E-state index in [9.17, 15) is 9.59 Å². The second-order valence-corrected chi connectivity index (χ2v) is 5.08. The van der Waals surface area contributed by atoms with Crippen molar-refractivity contribution in [1.29, 1.82) is 0 Å². The van der Waals surface area contributed by atoms with E-state index in [-0.39, 0.29) is 17.7 Å². The molecule has 2 amide bonds. The highest BCUT2D eigenvalue weighted by Gasteiger charge is 2.20. The summed E-state index contributed by atoms with van der Waals surface area (Å²) < 4.78 is 0. The maximum Gasteiger partial charge on any atom is 0.227 e. The zero-order valence-corrected chi connectivity index (χ0v) is 11.2. The Labute approximate surface area is 113 Å². The fourth-order valence-electron chi connectivity index (χ4n) is 2.45. The fraction of sp³-hybridized carbons (Fsp3) is 0.467. The average Bonchev–Trinajstić information content (AvgIpc) is 2.41. The van der Waals surface area contributed by atoms with Gasteiger partial charge in [-0.3, -0.25) is 9.59 Å². The molecule has 1 aromatic carbocycles. The van der Waals surface area contributed by atoms with Crippen LogP contribution in [0.2, 0.25) is 0 Å². The van der Waals surface area contributed by atoms with Crippen LogP contribution in [0.15, 0.2) is 24.3 Å². The molecule has 102 valence electrons. The lowest BCUT2D eigenvalue weighted by Crippen LogP contribution is -2.24. The SMILES string of the molecule is CC(=O)Nc1ccc(NC(=O)C2CCCCC2)cc1. The van der Waals surface area contributed by atoms with Gasteiger partial charge >= 0.3 is 0 Å². The van der Waals surface area contributed by atoms with E-state index in [1.54, 1.807) is 12.1 Å². The van der Waals surface area contributed by atoms with Gasteiger partial charge in [0.1, 0.15) is 0 Å². The molecule has 19 heavy (non-hydrogen) atoms. The summed E-state index contributed by atoms with van der Waals surface area (Å²) in [5, 5.41) is 5.64. The molecule has 2 rings (SSSR count). The normalized spacial score (nSPS) is 15.8. The molecule has 1 aromatic rings. The molecule has 0 aliphatic heterocycles. The molecule has 0 radical (unpaired) electrons. The van der Waals surface area contributed by atoms with Crippen molar-refractivity contribution in [1.82, 2.24) is 0 Å². The van der Waals surface area contributed by atoms with Crippen LogP contribution < -0.4 is 10.6 Å². The van der Waals surface area contributed by atoms with Gasteiger partial charge in [-0.2, -0.15) is 0 Å². The Morgan fingerprint density at radius 1 is 0.947 bits per heavy atom. The predicted molar refractivity (Wildman–Crippen MR) is 76.0 cm³/mol. The van der Waals surface area contributed by atoms with Gasteiger partial charge in [0, 0.05) is 24.2 Å². The van der Waals surface area contributed by atoms with E-state index in [2.05, 4.69) is 10.6 Å². The Balaban J connectivity index is 1.91. The molecular weight excluding hydrogens is 240 g/mol. The minimum atomic E-state index is -0.0982. The molecular formula is C15H20N2O2. The maximum absolute atomic E-state index is 12.0. The van der Waals surface area contributed by atoms with Gasteiger partial charge < -0.3 is 10.6 Å². The summed E-state index contributed by atoms with van der Waals surface area (Å²) in [6, 6.07) is 7.20. The largest absolute Gasteiger partial charge is 0.326 e. The monoisotopic (exact) mass is 260 g/mol. The molecule has 0 aromatic heterocycles. The number of hydrogen-bond donors (Lipinski definition) is 2. The van der Waals surface area contributed by atoms with E-state index in [0.29, 0.717) is 0 Å². The van der Waals surface area contributed by atoms with E-state index in [1.165, 1.54) is 13.3 Å². The maximum atomic E-state index is 12.0. The van der Waals surface area contributed by atoms with Gasteiger partial charge in [-0.05, 0) is 37.1 Å². The van der Waals surface area contributed by atoms with Crippen molar-refractivity contribution in [2.75, 3.05) is 10.6 Å². The molecule has 0 unspecified atom stereocenters. The number of carbonyl (C=O) groups is 2. The number of anilines is 2. The van der Waals surface area contributed by atoms with Gasteiger partial charge in [0.2, 0.25) is 11.8 Å². The number of nitrogens with one attached hydrogen (secondary N) is 2. The van der Waals surface area contributed by atoms with Crippen molar-refractivity contribution in [3.8, 4) is 0 Å². The molecule has 1 saturated carbocycles. The average molecular weight is 260 g/mol. The van der Waals surface area contributed by atoms with E-state index < -0.39 is 0 Å². The van der Waals surface area contributed by atoms with Crippen molar-refractivity contribution in [2.45, 2.75) is 39.0 Å². The smallest absolute Gasteiger partial charge is 0.227 e. The number of amides is 2. The zero-order valence-electron chi connectivity index (χ0n) is 11.2. The topological polar surface area (TPSA) is 58.2 Å². The van der Waals surface area contributed by atoms with E-state index >= 15 is 0 Å². The summed E-state index contributed by atoms with van der Waals surface area (Å²) in [4.78, 5) is 23.0. The number of benzene rings is 1. The van der Waals surface area contributed by atoms with Gasteiger partial charge in [-0.1, -0.05) is 19.3 Å². The molecule has 0 saturated heterocycles. The van der Waals surface area contributed by atoms with E-state index in [1.807, 2.05) is 12.1 Å². The van der Waals surface area contributed by atoms with Crippen molar-refractivity contribution in [3.63, 3.8) is 0 Å². The Kier molecular flexibility index (Phi) is 4.55. The van der Waals surface area contributed by atoms with Crippen LogP contribution in [0.25, 0.3) is 0 Å². The van der Waals surface area contributed by atoms with Crippen LogP contribution in [0.5, 0.6) is 0 Å². The molecule has 4 heteroatoms. The summed E-state index contributed by atoms with van der Waals surface area (Å²) in [7, 11) is 0. The van der Waals surface area contributed by atoms with Crippen LogP contribution >= 0.6 is 0 Å². The molecule has 1 fully saturated rings. The second-order valence-electron chi connectivity index (χ2n) is 5.08. The third kappa shape index (κ3) is 4.09. The van der Waals surface area contributed by atoms with Crippen molar-refractivity contribution < 1.29 is 9.59 Å². The molecule has 2 N–H and O–H groups in total. The van der Waals surface area contributed by atoms with E-state index in [0.717, 1.165) is 37.1 Å². The minimum Gasteiger partial charge on any atom is -0.326 e. The summed E-state index contributed by atoms with van der Waals surface area (Å²) in [5.41, 5.74) is 1.52. The standard InChI is InChI=1S/C15H20N2O2/c1-11(18)16-13-7-9-14(10-8-13)17-15(19)12-5-3-2-4-6-12/h7-10,12H,2-6H2,1H3,(H,16,18)(H,17,19). The van der Waals surface area contributed by atoms with Crippen molar-refractivity contribution >= 4 is 23.2 Å². The summed E-state index contributed by atoms with van der Waals surface area (Å²) in [6.07, 6.45) is 5.54. The van der Waals surface area contributed by atoms with Gasteiger partial charge in [0.05, 0.1) is 0 Å². The molecule has 0 bridgehead atoms. The molecule has 0 atom stereocenters. The molecule has 1 aliphatic carbocycles. The van der Waals surface area contributed by atoms with Crippen LogP contribution in [0, 0.1) is 5.92 Å². The Hall–Kier alpha value is -1.84. The lowest BCUT2D eigenvalue weighted by Gasteiger charge is -2.20. The van der Waals surface area contributed by atoms with E-state index in [4.69, 9.17) is 0 Å². The van der Waals surface area contributed by atoms with Crippen LogP contribution in [-0.2, 0) is 9.59 Å². The first kappa shape index (κ1) is 13.6. The third-order valence-corrected chi connectivity index (χ3v) is 3.45. The highest BCUT2D eigenvalue weighted by atomic mass is 16.2. The van der Waals surface area contributed by atoms with Crippen molar-refractivity contribution in [2.24, 2.45) is 5.92 Å². The third-order valence-electron chi connectivity index (χ3n) is 3.45. The first-order chi connectivity index (χ1) is 9.15. The predicted octanol–water partition coefficient (Wildman–Crippen LogP) is 3.16. The second kappa shape index (κ2) is 6.36. The Morgan fingerprint density at radius 2 is 1.47 bits per heavy atom. The molecule has 0 spiro atoms. The number of rotatable bonds is 3. The van der Waals surface area contributed by atoms with Gasteiger partial charge in [0.25, 0.3) is 0 Å². The van der Waals surface area contributed by atoms with Crippen LogP contribution in [-0.4, -0.2) is 11.8 Å². The summed E-state index contributed by atoms with van der Waals surface area (Å²) >= 11 is 0. The quantitative estimate of drug-likeness (QED) is 0.877. The fourth-order valence-corrected chi connectivity index (χ4v) is 2.45. The van der Waals surface area contributed by atoms with Crippen LogP contribution in [0.4, 0.5) is 11.4 Å². The molecule has 1 aliphatic rings. The van der Waals surface area contributed by atoms with Gasteiger partial charge in [-0.25, -0.2) is 0 Å². The lowest BCUT2D eigenvalue weighted by atomic mass is 9.88. The van der Waals surface area contributed by atoms with Gasteiger partial charge in [-0.15, -0.1) is 0 Å². The summed E-state index contributed by atoms with van der Waals surface area (Å²) in [5.74, 6) is 0.176. The highest BCUT2D eigenvalue weighted by molar-refractivity contribution is 5.93. The van der Waals surface area contributed by atoms with Crippen LogP contribution in [0.1, 0.15) is 39.0 Å². The van der Waals surface area contributed by atoms with Crippen LogP contribution in [0.3, 0.4) is 0 Å². The minimum absolute atomic E-state index is 0.0982. The Morgan fingerprint density at radius 3 is 2.00 bits per heavy atom. The lowest BCUT2D eigenvalue weighted by molar-refractivity contribution is -0.120. The molecule has 4 nitrogen and oxygen atoms in total. The summed E-state index contributed by atoms with van der Waals surface area (Å²) in [6.45, 7) is 1.47. The highest BCUT2D eigenvalue weighted by Crippen LogP contribution is 2.25. The Bertz CT molecular complexity index is 448.